The SMILES string of the molecule is COc1cc(NCC(C)(C)OC)c([N+](=O)[O-])cc1OC. The minimum absolute atomic E-state index is 0.0745. The molecular formula is C13H20N2O5. The number of nitrogens with one attached hydrogen (secondary N) is 1. The van der Waals surface area contributed by atoms with Crippen molar-refractivity contribution in [3.05, 3.63) is 22.2 Å². The molecule has 0 saturated heterocycles. The summed E-state index contributed by atoms with van der Waals surface area (Å²) in [6.45, 7) is 4.18. The van der Waals surface area contributed by atoms with E-state index >= 15 is 0 Å². The smallest absolute Gasteiger partial charge is 0.296 e. The quantitative estimate of drug-likeness (QED) is 0.611. The van der Waals surface area contributed by atoms with Crippen LogP contribution in [0.2, 0.25) is 0 Å². The Labute approximate surface area is 118 Å². The molecular weight excluding hydrogens is 264 g/mol. The van der Waals surface area contributed by atoms with Gasteiger partial charge < -0.3 is 19.5 Å². The lowest BCUT2D eigenvalue weighted by atomic mass is 10.1. The third-order valence-electron chi connectivity index (χ3n) is 2.96. The highest BCUT2D eigenvalue weighted by molar-refractivity contribution is 5.68. The number of nitro benzene ring substituents is 1. The van der Waals surface area contributed by atoms with Gasteiger partial charge >= 0.3 is 0 Å². The number of methoxy groups -OCH3 is 3. The van der Waals surface area contributed by atoms with Crippen LogP contribution in [0.4, 0.5) is 11.4 Å². The standard InChI is InChI=1S/C13H20N2O5/c1-13(2,20-5)8-14-9-6-11(18-3)12(19-4)7-10(9)15(16)17/h6-7,14H,8H2,1-5H3. The van der Waals surface area contributed by atoms with Crippen LogP contribution in [-0.2, 0) is 4.74 Å². The van der Waals surface area contributed by atoms with Gasteiger partial charge in [0.1, 0.15) is 5.69 Å². The summed E-state index contributed by atoms with van der Waals surface area (Å²) < 4.78 is 15.5. The van der Waals surface area contributed by atoms with Crippen LogP contribution >= 0.6 is 0 Å². The van der Waals surface area contributed by atoms with Gasteiger partial charge in [0.05, 0.1) is 30.8 Å². The van der Waals surface area contributed by atoms with E-state index in [0.29, 0.717) is 23.7 Å². The summed E-state index contributed by atoms with van der Waals surface area (Å²) in [6.07, 6.45) is 0. The first-order chi connectivity index (χ1) is 9.34. The number of benzene rings is 1. The molecule has 0 aliphatic rings. The van der Waals surface area contributed by atoms with Gasteiger partial charge in [-0.25, -0.2) is 0 Å². The molecule has 0 heterocycles. The average Bonchev–Trinajstić information content (AvgIpc) is 2.43. The summed E-state index contributed by atoms with van der Waals surface area (Å²) in [5.41, 5.74) is -0.159. The van der Waals surface area contributed by atoms with Crippen LogP contribution in [0.3, 0.4) is 0 Å². The Morgan fingerprint density at radius 2 is 1.75 bits per heavy atom. The zero-order valence-electron chi connectivity index (χ0n) is 12.4. The lowest BCUT2D eigenvalue weighted by Crippen LogP contribution is -2.32. The number of ether oxygens (including phenoxy) is 3. The number of rotatable bonds is 7. The van der Waals surface area contributed by atoms with Gasteiger partial charge in [0, 0.05) is 19.7 Å². The highest BCUT2D eigenvalue weighted by atomic mass is 16.6. The van der Waals surface area contributed by atoms with E-state index in [4.69, 9.17) is 14.2 Å². The number of nitro groups is 1. The van der Waals surface area contributed by atoms with Gasteiger partial charge in [-0.3, -0.25) is 10.1 Å². The van der Waals surface area contributed by atoms with Crippen molar-refractivity contribution in [2.75, 3.05) is 33.2 Å². The molecule has 0 aromatic heterocycles. The molecule has 1 rings (SSSR count). The minimum atomic E-state index is -0.468. The van der Waals surface area contributed by atoms with Gasteiger partial charge in [-0.05, 0) is 13.8 Å². The van der Waals surface area contributed by atoms with Gasteiger partial charge in [-0.2, -0.15) is 0 Å². The second-order valence-corrected chi connectivity index (χ2v) is 4.80. The van der Waals surface area contributed by atoms with E-state index in [0.717, 1.165) is 0 Å². The molecule has 0 unspecified atom stereocenters. The van der Waals surface area contributed by atoms with Crippen molar-refractivity contribution in [2.24, 2.45) is 0 Å². The molecule has 0 saturated carbocycles. The van der Waals surface area contributed by atoms with Gasteiger partial charge in [0.15, 0.2) is 11.5 Å². The topological polar surface area (TPSA) is 82.9 Å². The van der Waals surface area contributed by atoms with Gasteiger partial charge in [-0.1, -0.05) is 0 Å². The van der Waals surface area contributed by atoms with Crippen molar-refractivity contribution >= 4 is 11.4 Å². The summed E-state index contributed by atoms with van der Waals surface area (Å²) in [4.78, 5) is 10.7. The van der Waals surface area contributed by atoms with E-state index in [2.05, 4.69) is 5.32 Å². The maximum atomic E-state index is 11.1. The van der Waals surface area contributed by atoms with Crippen LogP contribution in [0.1, 0.15) is 13.8 Å². The monoisotopic (exact) mass is 284 g/mol. The minimum Gasteiger partial charge on any atom is -0.493 e. The largest absolute Gasteiger partial charge is 0.493 e. The number of hydrogen-bond donors (Lipinski definition) is 1. The Balaban J connectivity index is 3.13. The van der Waals surface area contributed by atoms with Crippen LogP contribution in [0.5, 0.6) is 11.5 Å². The molecule has 1 N–H and O–H groups in total. The summed E-state index contributed by atoms with van der Waals surface area (Å²) in [5, 5.41) is 14.1. The molecule has 7 nitrogen and oxygen atoms in total. The fourth-order valence-corrected chi connectivity index (χ4v) is 1.54. The van der Waals surface area contributed by atoms with Crippen LogP contribution < -0.4 is 14.8 Å². The molecule has 1 aromatic rings. The Morgan fingerprint density at radius 1 is 1.20 bits per heavy atom. The molecule has 1 aromatic carbocycles. The fourth-order valence-electron chi connectivity index (χ4n) is 1.54. The third-order valence-corrected chi connectivity index (χ3v) is 2.96. The van der Waals surface area contributed by atoms with E-state index in [1.165, 1.54) is 20.3 Å². The summed E-state index contributed by atoms with van der Waals surface area (Å²) in [7, 11) is 4.50. The predicted molar refractivity (Wildman–Crippen MR) is 75.8 cm³/mol. The molecule has 112 valence electrons. The molecule has 7 heteroatoms. The van der Waals surface area contributed by atoms with Crippen molar-refractivity contribution < 1.29 is 19.1 Å². The Hall–Kier alpha value is -2.02. The van der Waals surface area contributed by atoms with Crippen molar-refractivity contribution in [3.63, 3.8) is 0 Å². The fraction of sp³-hybridized carbons (Fsp3) is 0.538. The maximum Gasteiger partial charge on any atom is 0.296 e. The molecule has 0 bridgehead atoms. The molecule has 0 aliphatic carbocycles. The number of nitrogens with zero attached hydrogens (tertiary/aromatic N) is 1. The Morgan fingerprint density at radius 3 is 2.20 bits per heavy atom. The average molecular weight is 284 g/mol. The normalized spacial score (nSPS) is 11.1. The molecule has 0 atom stereocenters. The molecule has 0 spiro atoms. The zero-order valence-corrected chi connectivity index (χ0v) is 12.4. The van der Waals surface area contributed by atoms with Crippen molar-refractivity contribution in [3.8, 4) is 11.5 Å². The molecule has 0 radical (unpaired) electrons. The molecule has 0 aliphatic heterocycles. The summed E-state index contributed by atoms with van der Waals surface area (Å²) in [5.74, 6) is 0.742. The first-order valence-electron chi connectivity index (χ1n) is 6.04. The lowest BCUT2D eigenvalue weighted by Gasteiger charge is -2.24. The van der Waals surface area contributed by atoms with E-state index < -0.39 is 10.5 Å². The van der Waals surface area contributed by atoms with Gasteiger partial charge in [-0.15, -0.1) is 0 Å². The highest BCUT2D eigenvalue weighted by Crippen LogP contribution is 2.37. The van der Waals surface area contributed by atoms with Crippen LogP contribution in [-0.4, -0.2) is 38.4 Å². The van der Waals surface area contributed by atoms with Gasteiger partial charge in [0.25, 0.3) is 5.69 Å². The number of anilines is 1. The second-order valence-electron chi connectivity index (χ2n) is 4.80. The van der Waals surface area contributed by atoms with Crippen LogP contribution in [0.25, 0.3) is 0 Å². The maximum absolute atomic E-state index is 11.1. The lowest BCUT2D eigenvalue weighted by molar-refractivity contribution is -0.384. The van der Waals surface area contributed by atoms with E-state index in [1.807, 2.05) is 13.8 Å². The highest BCUT2D eigenvalue weighted by Gasteiger charge is 2.22. The van der Waals surface area contributed by atoms with Crippen LogP contribution in [0.15, 0.2) is 12.1 Å². The van der Waals surface area contributed by atoms with E-state index in [1.54, 1.807) is 13.2 Å². The first kappa shape index (κ1) is 16.0. The molecule has 0 fully saturated rings. The molecule has 0 amide bonds. The Bertz CT molecular complexity index is 488. The Kier molecular flexibility index (Phi) is 5.15. The van der Waals surface area contributed by atoms with Crippen molar-refractivity contribution in [2.45, 2.75) is 19.4 Å². The summed E-state index contributed by atoms with van der Waals surface area (Å²) in [6, 6.07) is 2.88. The first-order valence-corrected chi connectivity index (χ1v) is 6.04. The predicted octanol–water partition coefficient (Wildman–Crippen LogP) is 2.45. The zero-order chi connectivity index (χ0) is 15.3. The van der Waals surface area contributed by atoms with Crippen LogP contribution in [0, 0.1) is 10.1 Å². The second kappa shape index (κ2) is 6.42. The van der Waals surface area contributed by atoms with Crippen molar-refractivity contribution in [1.82, 2.24) is 0 Å². The van der Waals surface area contributed by atoms with E-state index in [-0.39, 0.29) is 5.69 Å². The summed E-state index contributed by atoms with van der Waals surface area (Å²) >= 11 is 0. The van der Waals surface area contributed by atoms with Crippen molar-refractivity contribution in [1.29, 1.82) is 0 Å². The van der Waals surface area contributed by atoms with Gasteiger partial charge in [0.2, 0.25) is 0 Å². The van der Waals surface area contributed by atoms with E-state index in [9.17, 15) is 10.1 Å². The molecule has 20 heavy (non-hydrogen) atoms. The number of hydrogen-bond acceptors (Lipinski definition) is 6. The third kappa shape index (κ3) is 3.74.